The van der Waals surface area contributed by atoms with Gasteiger partial charge in [0.25, 0.3) is 5.91 Å². The Labute approximate surface area is 167 Å². The van der Waals surface area contributed by atoms with Crippen molar-refractivity contribution in [3.63, 3.8) is 0 Å². The van der Waals surface area contributed by atoms with Crippen LogP contribution in [0.4, 0.5) is 10.1 Å². The molecule has 0 aliphatic rings. The van der Waals surface area contributed by atoms with E-state index < -0.39 is 5.82 Å². The van der Waals surface area contributed by atoms with E-state index in [1.54, 1.807) is 35.1 Å². The van der Waals surface area contributed by atoms with Crippen LogP contribution in [0.3, 0.4) is 0 Å². The van der Waals surface area contributed by atoms with E-state index in [1.165, 1.54) is 6.07 Å². The Balaban J connectivity index is 1.47. The lowest BCUT2D eigenvalue weighted by Crippen LogP contribution is -2.13. The molecule has 0 atom stereocenters. The number of amides is 1. The van der Waals surface area contributed by atoms with Crippen molar-refractivity contribution in [3.05, 3.63) is 95.3 Å². The standard InChI is InChI=1S/C22H20FN5O/c1-15-12-16(2)28(26-15)21-9-8-19(13-20(21)23)25-22(29)18-6-4-17(5-7-18)14-27-11-3-10-24-27/h3-13H,14H2,1-2H3,(H,25,29). The summed E-state index contributed by atoms with van der Waals surface area (Å²) >= 11 is 0. The van der Waals surface area contributed by atoms with Crippen LogP contribution in [-0.2, 0) is 6.54 Å². The van der Waals surface area contributed by atoms with Crippen LogP contribution in [0.2, 0.25) is 0 Å². The molecule has 0 aliphatic carbocycles. The maximum Gasteiger partial charge on any atom is 0.255 e. The number of carbonyl (C=O) groups excluding carboxylic acids is 1. The first kappa shape index (κ1) is 18.6. The molecule has 0 spiro atoms. The van der Waals surface area contributed by atoms with Gasteiger partial charge in [-0.2, -0.15) is 10.2 Å². The summed E-state index contributed by atoms with van der Waals surface area (Å²) in [6.45, 7) is 4.36. The van der Waals surface area contributed by atoms with E-state index in [9.17, 15) is 9.18 Å². The number of nitrogens with one attached hydrogen (secondary N) is 1. The first-order valence-electron chi connectivity index (χ1n) is 9.20. The third-order valence-corrected chi connectivity index (χ3v) is 4.56. The second-order valence-corrected chi connectivity index (χ2v) is 6.86. The van der Waals surface area contributed by atoms with E-state index in [4.69, 9.17) is 0 Å². The van der Waals surface area contributed by atoms with Gasteiger partial charge < -0.3 is 5.32 Å². The van der Waals surface area contributed by atoms with Crippen molar-refractivity contribution in [1.82, 2.24) is 19.6 Å². The molecule has 0 radical (unpaired) electrons. The van der Waals surface area contributed by atoms with Gasteiger partial charge >= 0.3 is 0 Å². The normalized spacial score (nSPS) is 10.9. The second-order valence-electron chi connectivity index (χ2n) is 6.86. The Morgan fingerprint density at radius 1 is 1.10 bits per heavy atom. The molecule has 7 heteroatoms. The molecule has 2 aromatic carbocycles. The zero-order valence-electron chi connectivity index (χ0n) is 16.1. The molecule has 4 rings (SSSR count). The molecule has 0 saturated carbocycles. The molecular formula is C22H20FN5O. The van der Waals surface area contributed by atoms with Crippen LogP contribution in [-0.4, -0.2) is 25.5 Å². The van der Waals surface area contributed by atoms with E-state index >= 15 is 0 Å². The molecular weight excluding hydrogens is 369 g/mol. The number of anilines is 1. The first-order chi connectivity index (χ1) is 14.0. The molecule has 0 fully saturated rings. The topological polar surface area (TPSA) is 64.7 Å². The Kier molecular flexibility index (Phi) is 4.95. The molecule has 0 unspecified atom stereocenters. The van der Waals surface area contributed by atoms with Gasteiger partial charge in [0.1, 0.15) is 5.69 Å². The van der Waals surface area contributed by atoms with Crippen molar-refractivity contribution >= 4 is 11.6 Å². The van der Waals surface area contributed by atoms with Gasteiger partial charge in [0.2, 0.25) is 0 Å². The average molecular weight is 389 g/mol. The van der Waals surface area contributed by atoms with Gasteiger partial charge in [-0.15, -0.1) is 0 Å². The summed E-state index contributed by atoms with van der Waals surface area (Å²) in [7, 11) is 0. The Hall–Kier alpha value is -3.74. The molecule has 0 saturated heterocycles. The fourth-order valence-electron chi connectivity index (χ4n) is 3.18. The van der Waals surface area contributed by atoms with Crippen molar-refractivity contribution < 1.29 is 9.18 Å². The first-order valence-corrected chi connectivity index (χ1v) is 9.20. The lowest BCUT2D eigenvalue weighted by molar-refractivity contribution is 0.102. The van der Waals surface area contributed by atoms with Crippen LogP contribution < -0.4 is 5.32 Å². The maximum absolute atomic E-state index is 14.6. The Bertz CT molecular complexity index is 1150. The fraction of sp³-hybridized carbons (Fsp3) is 0.136. The van der Waals surface area contributed by atoms with Crippen LogP contribution in [0, 0.1) is 19.7 Å². The van der Waals surface area contributed by atoms with Crippen LogP contribution in [0.15, 0.2) is 67.0 Å². The molecule has 146 valence electrons. The van der Waals surface area contributed by atoms with Crippen molar-refractivity contribution in [2.45, 2.75) is 20.4 Å². The van der Waals surface area contributed by atoms with Crippen LogP contribution in [0.1, 0.15) is 27.3 Å². The molecule has 6 nitrogen and oxygen atoms in total. The van der Waals surface area contributed by atoms with Gasteiger partial charge in [0, 0.05) is 29.3 Å². The lowest BCUT2D eigenvalue weighted by atomic mass is 10.1. The largest absolute Gasteiger partial charge is 0.322 e. The molecule has 1 amide bonds. The van der Waals surface area contributed by atoms with Crippen LogP contribution >= 0.6 is 0 Å². The highest BCUT2D eigenvalue weighted by Crippen LogP contribution is 2.20. The van der Waals surface area contributed by atoms with E-state index in [2.05, 4.69) is 15.5 Å². The molecule has 0 aliphatic heterocycles. The van der Waals surface area contributed by atoms with E-state index in [0.29, 0.717) is 23.5 Å². The summed E-state index contributed by atoms with van der Waals surface area (Å²) in [6, 6.07) is 15.6. The summed E-state index contributed by atoms with van der Waals surface area (Å²) in [5, 5.41) is 11.2. The van der Waals surface area contributed by atoms with Crippen LogP contribution in [0.5, 0.6) is 0 Å². The number of carbonyl (C=O) groups is 1. The summed E-state index contributed by atoms with van der Waals surface area (Å²) in [4.78, 5) is 12.5. The molecule has 29 heavy (non-hydrogen) atoms. The third-order valence-electron chi connectivity index (χ3n) is 4.56. The Morgan fingerprint density at radius 2 is 1.90 bits per heavy atom. The SMILES string of the molecule is Cc1cc(C)n(-c2ccc(NC(=O)c3ccc(Cn4cccn4)cc3)cc2F)n1. The molecule has 0 bridgehead atoms. The zero-order valence-corrected chi connectivity index (χ0v) is 16.1. The van der Waals surface area contributed by atoms with Crippen molar-refractivity contribution in [2.24, 2.45) is 0 Å². The van der Waals surface area contributed by atoms with E-state index in [-0.39, 0.29) is 5.91 Å². The van der Waals surface area contributed by atoms with Crippen molar-refractivity contribution in [3.8, 4) is 5.69 Å². The minimum atomic E-state index is -0.455. The van der Waals surface area contributed by atoms with Gasteiger partial charge in [0.05, 0.1) is 12.2 Å². The van der Waals surface area contributed by atoms with Gasteiger partial charge in [-0.25, -0.2) is 9.07 Å². The lowest BCUT2D eigenvalue weighted by Gasteiger charge is -2.10. The number of benzene rings is 2. The summed E-state index contributed by atoms with van der Waals surface area (Å²) < 4.78 is 17.9. The molecule has 4 aromatic rings. The fourth-order valence-corrected chi connectivity index (χ4v) is 3.18. The third kappa shape index (κ3) is 4.08. The molecule has 2 heterocycles. The number of nitrogens with zero attached hydrogens (tertiary/aromatic N) is 4. The number of rotatable bonds is 5. The molecule has 1 N–H and O–H groups in total. The predicted molar refractivity (Wildman–Crippen MR) is 109 cm³/mol. The van der Waals surface area contributed by atoms with Gasteiger partial charge in [0.15, 0.2) is 5.82 Å². The van der Waals surface area contributed by atoms with Crippen molar-refractivity contribution in [1.29, 1.82) is 0 Å². The van der Waals surface area contributed by atoms with E-state index in [1.807, 2.05) is 49.0 Å². The average Bonchev–Trinajstić information content (AvgIpc) is 3.31. The van der Waals surface area contributed by atoms with Gasteiger partial charge in [-0.05, 0) is 61.9 Å². The minimum Gasteiger partial charge on any atom is -0.322 e. The number of hydrogen-bond acceptors (Lipinski definition) is 3. The molecule has 2 aromatic heterocycles. The second kappa shape index (κ2) is 7.71. The zero-order chi connectivity index (χ0) is 20.4. The number of aromatic nitrogens is 4. The summed E-state index contributed by atoms with van der Waals surface area (Å²) in [5.74, 6) is -0.752. The number of halogens is 1. The highest BCUT2D eigenvalue weighted by molar-refractivity contribution is 6.04. The quantitative estimate of drug-likeness (QED) is 0.558. The minimum absolute atomic E-state index is 0.297. The Morgan fingerprint density at radius 3 is 2.52 bits per heavy atom. The maximum atomic E-state index is 14.6. The van der Waals surface area contributed by atoms with E-state index in [0.717, 1.165) is 17.0 Å². The van der Waals surface area contributed by atoms with Gasteiger partial charge in [-0.3, -0.25) is 9.48 Å². The number of hydrogen-bond donors (Lipinski definition) is 1. The van der Waals surface area contributed by atoms with Crippen molar-refractivity contribution in [2.75, 3.05) is 5.32 Å². The summed E-state index contributed by atoms with van der Waals surface area (Å²) in [6.07, 6.45) is 3.60. The number of aryl methyl sites for hydroxylation is 2. The smallest absolute Gasteiger partial charge is 0.255 e. The monoisotopic (exact) mass is 389 g/mol. The summed E-state index contributed by atoms with van der Waals surface area (Å²) in [5.41, 5.74) is 3.92. The van der Waals surface area contributed by atoms with Gasteiger partial charge in [-0.1, -0.05) is 12.1 Å². The predicted octanol–water partition coefficient (Wildman–Crippen LogP) is 4.13. The highest BCUT2D eigenvalue weighted by atomic mass is 19.1. The highest BCUT2D eigenvalue weighted by Gasteiger charge is 2.12. The van der Waals surface area contributed by atoms with Crippen LogP contribution in [0.25, 0.3) is 5.69 Å².